The molecule has 0 bridgehead atoms. The van der Waals surface area contributed by atoms with E-state index in [0.717, 1.165) is 50.0 Å². The highest BCUT2D eigenvalue weighted by Gasteiger charge is 2.21. The van der Waals surface area contributed by atoms with E-state index in [1.54, 1.807) is 31.6 Å². The number of pyridine rings is 1. The second-order valence-electron chi connectivity index (χ2n) is 8.00. The van der Waals surface area contributed by atoms with Crippen molar-refractivity contribution >= 4 is 23.5 Å². The molecule has 1 aliphatic rings. The number of nitrogens with one attached hydrogen (secondary N) is 1. The van der Waals surface area contributed by atoms with Crippen LogP contribution in [0.4, 0.5) is 5.95 Å². The first-order chi connectivity index (χ1) is 16.0. The van der Waals surface area contributed by atoms with Crippen LogP contribution in [0.2, 0.25) is 5.15 Å². The lowest BCUT2D eigenvalue weighted by atomic mass is 10.1. The van der Waals surface area contributed by atoms with Gasteiger partial charge in [0.1, 0.15) is 10.9 Å². The Labute approximate surface area is 198 Å². The van der Waals surface area contributed by atoms with Gasteiger partial charge < -0.3 is 15.0 Å². The van der Waals surface area contributed by atoms with Crippen LogP contribution in [0.3, 0.4) is 0 Å². The van der Waals surface area contributed by atoms with Gasteiger partial charge in [-0.05, 0) is 49.4 Å². The summed E-state index contributed by atoms with van der Waals surface area (Å²) in [5.74, 6) is 1.35. The van der Waals surface area contributed by atoms with Gasteiger partial charge in [-0.2, -0.15) is 0 Å². The molecule has 4 rings (SSSR count). The molecule has 3 heterocycles. The van der Waals surface area contributed by atoms with Crippen LogP contribution in [-0.2, 0) is 0 Å². The van der Waals surface area contributed by atoms with Crippen LogP contribution in [0.5, 0.6) is 5.75 Å². The molecule has 1 fully saturated rings. The van der Waals surface area contributed by atoms with Gasteiger partial charge in [-0.25, -0.2) is 15.0 Å². The third-order valence-electron chi connectivity index (χ3n) is 5.56. The van der Waals surface area contributed by atoms with E-state index in [1.807, 2.05) is 37.3 Å². The summed E-state index contributed by atoms with van der Waals surface area (Å²) in [4.78, 5) is 30.4. The highest BCUT2D eigenvalue weighted by atomic mass is 35.5. The van der Waals surface area contributed by atoms with Gasteiger partial charge in [-0.1, -0.05) is 11.6 Å². The quantitative estimate of drug-likeness (QED) is 0.535. The van der Waals surface area contributed by atoms with Crippen molar-refractivity contribution in [1.29, 1.82) is 0 Å². The molecule has 3 aromatic rings. The van der Waals surface area contributed by atoms with E-state index < -0.39 is 0 Å². The van der Waals surface area contributed by atoms with Gasteiger partial charge in [0, 0.05) is 62.3 Å². The molecular formula is C24H27ClN6O2. The molecule has 1 aliphatic heterocycles. The Morgan fingerprint density at radius 3 is 2.48 bits per heavy atom. The maximum Gasteiger partial charge on any atom is 0.251 e. The third kappa shape index (κ3) is 5.97. The number of halogens is 1. The largest absolute Gasteiger partial charge is 0.497 e. The van der Waals surface area contributed by atoms with Gasteiger partial charge in [0.05, 0.1) is 12.8 Å². The fourth-order valence-electron chi connectivity index (χ4n) is 3.86. The molecule has 1 unspecified atom stereocenters. The standard InChI is InChI=1S/C24H27ClN6O2/c1-17(16-30-10-12-31(13-11-30)24-26-8-3-9-27-24)28-23(32)19-14-21(29-22(25)15-19)18-4-6-20(33-2)7-5-18/h3-9,14-15,17H,10-13,16H2,1-2H3,(H,28,32). The number of anilines is 1. The minimum atomic E-state index is -0.169. The van der Waals surface area contributed by atoms with Crippen molar-refractivity contribution in [1.82, 2.24) is 25.2 Å². The van der Waals surface area contributed by atoms with E-state index >= 15 is 0 Å². The Morgan fingerprint density at radius 2 is 1.82 bits per heavy atom. The van der Waals surface area contributed by atoms with E-state index in [0.29, 0.717) is 11.3 Å². The van der Waals surface area contributed by atoms with Crippen molar-refractivity contribution < 1.29 is 9.53 Å². The highest BCUT2D eigenvalue weighted by molar-refractivity contribution is 6.30. The lowest BCUT2D eigenvalue weighted by Gasteiger charge is -2.35. The normalized spacial score (nSPS) is 15.2. The second-order valence-corrected chi connectivity index (χ2v) is 8.39. The van der Waals surface area contributed by atoms with Crippen LogP contribution >= 0.6 is 11.6 Å². The molecule has 1 aromatic carbocycles. The first-order valence-corrected chi connectivity index (χ1v) is 11.3. The summed E-state index contributed by atoms with van der Waals surface area (Å²) in [6.07, 6.45) is 3.52. The first kappa shape index (κ1) is 22.9. The van der Waals surface area contributed by atoms with Gasteiger partial charge >= 0.3 is 0 Å². The summed E-state index contributed by atoms with van der Waals surface area (Å²) in [5, 5.41) is 3.36. The van der Waals surface area contributed by atoms with E-state index in [-0.39, 0.29) is 17.1 Å². The van der Waals surface area contributed by atoms with E-state index in [2.05, 4.69) is 30.1 Å². The molecule has 1 atom stereocenters. The zero-order chi connectivity index (χ0) is 23.2. The lowest BCUT2D eigenvalue weighted by Crippen LogP contribution is -2.51. The molecule has 172 valence electrons. The molecule has 33 heavy (non-hydrogen) atoms. The van der Waals surface area contributed by atoms with Crippen molar-refractivity contribution in [3.05, 3.63) is 65.6 Å². The van der Waals surface area contributed by atoms with Crippen molar-refractivity contribution in [2.75, 3.05) is 44.7 Å². The van der Waals surface area contributed by atoms with E-state index in [1.165, 1.54) is 0 Å². The molecule has 1 N–H and O–H groups in total. The zero-order valence-electron chi connectivity index (χ0n) is 18.7. The molecule has 0 aliphatic carbocycles. The van der Waals surface area contributed by atoms with E-state index in [4.69, 9.17) is 16.3 Å². The third-order valence-corrected chi connectivity index (χ3v) is 5.75. The fourth-order valence-corrected chi connectivity index (χ4v) is 4.07. The summed E-state index contributed by atoms with van der Waals surface area (Å²) in [7, 11) is 1.62. The molecule has 8 nitrogen and oxygen atoms in total. The average molecular weight is 467 g/mol. The summed E-state index contributed by atoms with van der Waals surface area (Å²) in [5.41, 5.74) is 1.99. The van der Waals surface area contributed by atoms with Gasteiger partial charge in [0.2, 0.25) is 5.95 Å². The number of aromatic nitrogens is 3. The number of rotatable bonds is 7. The summed E-state index contributed by atoms with van der Waals surface area (Å²) in [6, 6.07) is 12.6. The van der Waals surface area contributed by atoms with Crippen LogP contribution in [0.25, 0.3) is 11.3 Å². The molecule has 0 spiro atoms. The molecule has 1 saturated heterocycles. The first-order valence-electron chi connectivity index (χ1n) is 10.9. The Balaban J connectivity index is 1.33. The fraction of sp³-hybridized carbons (Fsp3) is 0.333. The lowest BCUT2D eigenvalue weighted by molar-refractivity contribution is 0.0928. The number of hydrogen-bond donors (Lipinski definition) is 1. The molecule has 9 heteroatoms. The molecule has 2 aromatic heterocycles. The van der Waals surface area contributed by atoms with Crippen LogP contribution in [0.15, 0.2) is 54.9 Å². The monoisotopic (exact) mass is 466 g/mol. The SMILES string of the molecule is COc1ccc(-c2cc(C(=O)NC(C)CN3CCN(c4ncccn4)CC3)cc(Cl)n2)cc1. The van der Waals surface area contributed by atoms with Crippen molar-refractivity contribution in [3.63, 3.8) is 0 Å². The van der Waals surface area contributed by atoms with Crippen molar-refractivity contribution in [3.8, 4) is 17.0 Å². The van der Waals surface area contributed by atoms with Crippen LogP contribution in [0, 0.1) is 0 Å². The average Bonchev–Trinajstić information content (AvgIpc) is 2.84. The molecule has 1 amide bonds. The number of hydrogen-bond acceptors (Lipinski definition) is 7. The minimum Gasteiger partial charge on any atom is -0.497 e. The number of carbonyl (C=O) groups is 1. The maximum atomic E-state index is 12.9. The Morgan fingerprint density at radius 1 is 1.12 bits per heavy atom. The van der Waals surface area contributed by atoms with Crippen LogP contribution < -0.4 is 15.0 Å². The topological polar surface area (TPSA) is 83.5 Å². The van der Waals surface area contributed by atoms with Gasteiger partial charge in [-0.3, -0.25) is 9.69 Å². The number of carbonyl (C=O) groups excluding carboxylic acids is 1. The minimum absolute atomic E-state index is 0.0200. The number of nitrogens with zero attached hydrogens (tertiary/aromatic N) is 5. The highest BCUT2D eigenvalue weighted by Crippen LogP contribution is 2.24. The van der Waals surface area contributed by atoms with Crippen molar-refractivity contribution in [2.24, 2.45) is 0 Å². The molecule has 0 saturated carbocycles. The Kier molecular flexibility index (Phi) is 7.36. The number of methoxy groups -OCH3 is 1. The predicted octanol–water partition coefficient (Wildman–Crippen LogP) is 3.14. The smallest absolute Gasteiger partial charge is 0.251 e. The Bertz CT molecular complexity index is 1070. The zero-order valence-corrected chi connectivity index (χ0v) is 19.5. The van der Waals surface area contributed by atoms with Gasteiger partial charge in [0.15, 0.2) is 0 Å². The second kappa shape index (κ2) is 10.6. The summed E-state index contributed by atoms with van der Waals surface area (Å²) < 4.78 is 5.20. The summed E-state index contributed by atoms with van der Waals surface area (Å²) >= 11 is 6.22. The number of amides is 1. The molecule has 0 radical (unpaired) electrons. The number of ether oxygens (including phenoxy) is 1. The van der Waals surface area contributed by atoms with Crippen molar-refractivity contribution in [2.45, 2.75) is 13.0 Å². The maximum absolute atomic E-state index is 12.9. The van der Waals surface area contributed by atoms with Crippen LogP contribution in [-0.4, -0.2) is 71.6 Å². The van der Waals surface area contributed by atoms with E-state index in [9.17, 15) is 4.79 Å². The van der Waals surface area contributed by atoms with Gasteiger partial charge in [-0.15, -0.1) is 0 Å². The number of benzene rings is 1. The van der Waals surface area contributed by atoms with Crippen LogP contribution in [0.1, 0.15) is 17.3 Å². The van der Waals surface area contributed by atoms with Gasteiger partial charge in [0.25, 0.3) is 5.91 Å². The number of piperazine rings is 1. The summed E-state index contributed by atoms with van der Waals surface area (Å²) in [6.45, 7) is 6.27. The predicted molar refractivity (Wildman–Crippen MR) is 129 cm³/mol. The molecular weight excluding hydrogens is 440 g/mol. The Hall–Kier alpha value is -3.23.